The van der Waals surface area contributed by atoms with E-state index in [0.29, 0.717) is 11.4 Å². The van der Waals surface area contributed by atoms with Crippen molar-refractivity contribution in [2.24, 2.45) is 0 Å². The number of halogens is 1. The number of hydrogen-bond donors (Lipinski definition) is 0. The molecule has 0 bridgehead atoms. The van der Waals surface area contributed by atoms with Gasteiger partial charge >= 0.3 is 0 Å². The Labute approximate surface area is 119 Å². The third-order valence-corrected chi connectivity index (χ3v) is 4.40. The number of allylic oxidation sites excluding steroid dienone is 1. The molecule has 0 fully saturated rings. The molecule has 1 aliphatic rings. The highest BCUT2D eigenvalue weighted by molar-refractivity contribution is 6.30. The number of aldehydes is 1. The van der Waals surface area contributed by atoms with Gasteiger partial charge in [0, 0.05) is 18.6 Å². The summed E-state index contributed by atoms with van der Waals surface area (Å²) in [5.74, 6) is 0. The number of methoxy groups -OCH3 is 1. The van der Waals surface area contributed by atoms with Crippen LogP contribution in [0, 0.1) is 0 Å². The monoisotopic (exact) mass is 278 g/mol. The Morgan fingerprint density at radius 1 is 1.37 bits per heavy atom. The highest BCUT2D eigenvalue weighted by Gasteiger charge is 2.34. The zero-order chi connectivity index (χ0) is 13.9. The quantitative estimate of drug-likeness (QED) is 0.769. The van der Waals surface area contributed by atoms with E-state index in [9.17, 15) is 4.79 Å². The van der Waals surface area contributed by atoms with Crippen LogP contribution in [0.3, 0.4) is 0 Å². The Bertz CT molecular complexity index is 484. The molecule has 0 saturated heterocycles. The van der Waals surface area contributed by atoms with Crippen LogP contribution in [0.15, 0.2) is 29.8 Å². The van der Waals surface area contributed by atoms with Crippen LogP contribution in [0.4, 0.5) is 0 Å². The van der Waals surface area contributed by atoms with Gasteiger partial charge in [0.25, 0.3) is 0 Å². The van der Waals surface area contributed by atoms with Crippen molar-refractivity contribution in [3.05, 3.63) is 40.4 Å². The van der Waals surface area contributed by atoms with Gasteiger partial charge in [0.1, 0.15) is 6.29 Å². The van der Waals surface area contributed by atoms with E-state index in [2.05, 4.69) is 6.92 Å². The number of benzene rings is 1. The van der Waals surface area contributed by atoms with Crippen LogP contribution in [0.5, 0.6) is 0 Å². The second kappa shape index (κ2) is 5.89. The second-order valence-corrected chi connectivity index (χ2v) is 5.48. The molecular formula is C16H19ClO2. The molecule has 0 amide bonds. The van der Waals surface area contributed by atoms with E-state index in [1.54, 1.807) is 7.11 Å². The van der Waals surface area contributed by atoms with Crippen LogP contribution in [-0.4, -0.2) is 19.0 Å². The molecule has 1 aromatic rings. The normalized spacial score (nSPS) is 23.5. The minimum absolute atomic E-state index is 0.174. The summed E-state index contributed by atoms with van der Waals surface area (Å²) in [6, 6.07) is 7.69. The summed E-state index contributed by atoms with van der Waals surface area (Å²) in [6.45, 7) is 2.11. The maximum absolute atomic E-state index is 11.4. The molecule has 0 aliphatic heterocycles. The van der Waals surface area contributed by atoms with E-state index in [1.807, 2.05) is 24.3 Å². The van der Waals surface area contributed by atoms with Crippen molar-refractivity contribution in [3.8, 4) is 0 Å². The molecule has 1 unspecified atom stereocenters. The molecule has 2 nitrogen and oxygen atoms in total. The van der Waals surface area contributed by atoms with Gasteiger partial charge in [-0.05, 0) is 48.1 Å². The Morgan fingerprint density at radius 3 is 2.58 bits per heavy atom. The van der Waals surface area contributed by atoms with Gasteiger partial charge in [0.05, 0.1) is 5.60 Å². The van der Waals surface area contributed by atoms with E-state index in [0.717, 1.165) is 42.3 Å². The SMILES string of the molecule is CCC1(OC)CCC(c2ccc(Cl)cc2)=C(C=O)C1. The van der Waals surface area contributed by atoms with Gasteiger partial charge < -0.3 is 4.74 Å². The topological polar surface area (TPSA) is 26.3 Å². The third-order valence-electron chi connectivity index (χ3n) is 4.14. The third kappa shape index (κ3) is 2.90. The van der Waals surface area contributed by atoms with E-state index in [-0.39, 0.29) is 5.60 Å². The first-order valence-electron chi connectivity index (χ1n) is 6.62. The summed E-state index contributed by atoms with van der Waals surface area (Å²) in [6.07, 6.45) is 4.43. The van der Waals surface area contributed by atoms with Gasteiger partial charge in [0.2, 0.25) is 0 Å². The van der Waals surface area contributed by atoms with Gasteiger partial charge in [-0.1, -0.05) is 30.7 Å². The molecule has 1 atom stereocenters. The molecule has 1 aliphatic carbocycles. The van der Waals surface area contributed by atoms with Gasteiger partial charge in [-0.2, -0.15) is 0 Å². The Morgan fingerprint density at radius 2 is 2.05 bits per heavy atom. The Kier molecular flexibility index (Phi) is 4.43. The summed E-state index contributed by atoms with van der Waals surface area (Å²) in [5, 5.41) is 0.715. The number of ether oxygens (including phenoxy) is 1. The second-order valence-electron chi connectivity index (χ2n) is 5.05. The van der Waals surface area contributed by atoms with Crippen LogP contribution < -0.4 is 0 Å². The van der Waals surface area contributed by atoms with Gasteiger partial charge in [0.15, 0.2) is 0 Å². The predicted molar refractivity (Wildman–Crippen MR) is 78.3 cm³/mol. The molecule has 1 aromatic carbocycles. The summed E-state index contributed by atoms with van der Waals surface area (Å²) in [4.78, 5) is 11.4. The first-order chi connectivity index (χ1) is 9.14. The number of carbonyl (C=O) groups excluding carboxylic acids is 1. The first kappa shape index (κ1) is 14.3. The highest BCUT2D eigenvalue weighted by Crippen LogP contribution is 2.40. The molecular weight excluding hydrogens is 260 g/mol. The maximum Gasteiger partial charge on any atom is 0.146 e. The summed E-state index contributed by atoms with van der Waals surface area (Å²) in [7, 11) is 1.74. The smallest absolute Gasteiger partial charge is 0.146 e. The van der Waals surface area contributed by atoms with Crippen molar-refractivity contribution in [2.45, 2.75) is 38.2 Å². The molecule has 0 spiro atoms. The van der Waals surface area contributed by atoms with Crippen molar-refractivity contribution in [3.63, 3.8) is 0 Å². The molecule has 0 heterocycles. The van der Waals surface area contributed by atoms with Crippen molar-refractivity contribution < 1.29 is 9.53 Å². The molecule has 0 radical (unpaired) electrons. The fourth-order valence-electron chi connectivity index (χ4n) is 2.77. The van der Waals surface area contributed by atoms with E-state index >= 15 is 0 Å². The lowest BCUT2D eigenvalue weighted by molar-refractivity contribution is -0.106. The molecule has 0 N–H and O–H groups in total. The molecule has 19 heavy (non-hydrogen) atoms. The van der Waals surface area contributed by atoms with Gasteiger partial charge in [-0.25, -0.2) is 0 Å². The Hall–Kier alpha value is -1.12. The fraction of sp³-hybridized carbons (Fsp3) is 0.438. The lowest BCUT2D eigenvalue weighted by Gasteiger charge is -2.36. The first-order valence-corrected chi connectivity index (χ1v) is 7.00. The van der Waals surface area contributed by atoms with Crippen LogP contribution in [0.2, 0.25) is 5.02 Å². The average molecular weight is 279 g/mol. The predicted octanol–water partition coefficient (Wildman–Crippen LogP) is 4.27. The largest absolute Gasteiger partial charge is 0.378 e. The highest BCUT2D eigenvalue weighted by atomic mass is 35.5. The summed E-state index contributed by atoms with van der Waals surface area (Å²) >= 11 is 5.91. The zero-order valence-corrected chi connectivity index (χ0v) is 12.2. The maximum atomic E-state index is 11.4. The Balaban J connectivity index is 2.36. The zero-order valence-electron chi connectivity index (χ0n) is 11.4. The number of carbonyl (C=O) groups is 1. The summed E-state index contributed by atoms with van der Waals surface area (Å²) < 4.78 is 5.65. The van der Waals surface area contributed by atoms with E-state index in [1.165, 1.54) is 0 Å². The molecule has 3 heteroatoms. The molecule has 0 aromatic heterocycles. The minimum atomic E-state index is -0.174. The van der Waals surface area contributed by atoms with Crippen molar-refractivity contribution in [2.75, 3.05) is 7.11 Å². The van der Waals surface area contributed by atoms with Gasteiger partial charge in [-0.15, -0.1) is 0 Å². The summed E-state index contributed by atoms with van der Waals surface area (Å²) in [5.41, 5.74) is 2.91. The van der Waals surface area contributed by atoms with Crippen LogP contribution >= 0.6 is 11.6 Å². The van der Waals surface area contributed by atoms with Crippen LogP contribution in [0.1, 0.15) is 38.2 Å². The van der Waals surface area contributed by atoms with Gasteiger partial charge in [-0.3, -0.25) is 4.79 Å². The van der Waals surface area contributed by atoms with Crippen molar-refractivity contribution in [1.82, 2.24) is 0 Å². The standard InChI is InChI=1S/C16H19ClO2/c1-3-16(19-2)9-8-15(13(10-16)11-18)12-4-6-14(17)7-5-12/h4-7,11H,3,8-10H2,1-2H3. The van der Waals surface area contributed by atoms with E-state index in [4.69, 9.17) is 16.3 Å². The van der Waals surface area contributed by atoms with Crippen molar-refractivity contribution >= 4 is 23.5 Å². The fourth-order valence-corrected chi connectivity index (χ4v) is 2.90. The molecule has 102 valence electrons. The van der Waals surface area contributed by atoms with Crippen LogP contribution in [0.25, 0.3) is 5.57 Å². The molecule has 0 saturated carbocycles. The lowest BCUT2D eigenvalue weighted by atomic mass is 9.77. The van der Waals surface area contributed by atoms with Crippen molar-refractivity contribution in [1.29, 1.82) is 0 Å². The molecule has 2 rings (SSSR count). The lowest BCUT2D eigenvalue weighted by Crippen LogP contribution is -2.34. The minimum Gasteiger partial charge on any atom is -0.378 e. The number of rotatable bonds is 4. The average Bonchev–Trinajstić information content (AvgIpc) is 2.47. The number of hydrogen-bond acceptors (Lipinski definition) is 2. The van der Waals surface area contributed by atoms with E-state index < -0.39 is 0 Å². The van der Waals surface area contributed by atoms with Crippen LogP contribution in [-0.2, 0) is 9.53 Å².